The fourth-order valence-electron chi connectivity index (χ4n) is 2.82. The minimum atomic E-state index is -0.412. The first-order valence-corrected chi connectivity index (χ1v) is 8.30. The highest BCUT2D eigenvalue weighted by Crippen LogP contribution is 2.17. The number of aromatic nitrogens is 1. The standard InChI is InChI=1S/C22H19N3O/c1-16-10-17(2)12-20(11-16)24-22(26)19(14-23)13-18-8-9-25(15-18)21-6-4-3-5-7-21/h3-13,15H,1-2H3,(H,24,26)/b19-13+. The molecule has 0 aliphatic carbocycles. The van der Waals surface area contributed by atoms with Crippen LogP contribution in [-0.4, -0.2) is 10.5 Å². The molecular weight excluding hydrogens is 322 g/mol. The highest BCUT2D eigenvalue weighted by molar-refractivity contribution is 6.09. The summed E-state index contributed by atoms with van der Waals surface area (Å²) in [5.41, 5.74) is 4.68. The molecule has 1 aromatic heterocycles. The van der Waals surface area contributed by atoms with Crippen LogP contribution in [-0.2, 0) is 4.79 Å². The van der Waals surface area contributed by atoms with Crippen LogP contribution in [0.15, 0.2) is 72.6 Å². The summed E-state index contributed by atoms with van der Waals surface area (Å²) in [7, 11) is 0. The molecule has 26 heavy (non-hydrogen) atoms. The van der Waals surface area contributed by atoms with E-state index in [1.807, 2.05) is 91.5 Å². The lowest BCUT2D eigenvalue weighted by molar-refractivity contribution is -0.112. The zero-order valence-electron chi connectivity index (χ0n) is 14.7. The Morgan fingerprint density at radius 1 is 1.08 bits per heavy atom. The topological polar surface area (TPSA) is 57.8 Å². The van der Waals surface area contributed by atoms with Gasteiger partial charge in [-0.05, 0) is 66.9 Å². The third-order valence-electron chi connectivity index (χ3n) is 3.93. The average Bonchev–Trinajstić information content (AvgIpc) is 3.08. The summed E-state index contributed by atoms with van der Waals surface area (Å²) in [5.74, 6) is -0.412. The molecule has 3 rings (SSSR count). The van der Waals surface area contributed by atoms with Gasteiger partial charge in [0.25, 0.3) is 5.91 Å². The SMILES string of the molecule is Cc1cc(C)cc(NC(=O)/C(C#N)=C/c2ccn(-c3ccccc3)c2)c1. The highest BCUT2D eigenvalue weighted by Gasteiger charge is 2.10. The van der Waals surface area contributed by atoms with E-state index in [4.69, 9.17) is 0 Å². The van der Waals surface area contributed by atoms with Crippen LogP contribution in [0.4, 0.5) is 5.69 Å². The van der Waals surface area contributed by atoms with Gasteiger partial charge in [0.15, 0.2) is 0 Å². The molecule has 0 aliphatic rings. The van der Waals surface area contributed by atoms with Gasteiger partial charge in [0.1, 0.15) is 11.6 Å². The van der Waals surface area contributed by atoms with Crippen LogP contribution in [0.5, 0.6) is 0 Å². The Morgan fingerprint density at radius 2 is 1.77 bits per heavy atom. The lowest BCUT2D eigenvalue weighted by Crippen LogP contribution is -2.13. The summed E-state index contributed by atoms with van der Waals surface area (Å²) in [5, 5.41) is 12.2. The number of para-hydroxylation sites is 1. The predicted octanol–water partition coefficient (Wildman–Crippen LogP) is 4.64. The second-order valence-corrected chi connectivity index (χ2v) is 6.19. The van der Waals surface area contributed by atoms with Crippen LogP contribution in [0.1, 0.15) is 16.7 Å². The first-order chi connectivity index (χ1) is 12.5. The molecule has 0 saturated carbocycles. The molecule has 3 aromatic rings. The summed E-state index contributed by atoms with van der Waals surface area (Å²) < 4.78 is 1.95. The van der Waals surface area contributed by atoms with Crippen molar-refractivity contribution in [2.75, 3.05) is 5.32 Å². The summed E-state index contributed by atoms with van der Waals surface area (Å²) in [6.07, 6.45) is 5.38. The van der Waals surface area contributed by atoms with Crippen molar-refractivity contribution in [3.05, 3.63) is 89.3 Å². The van der Waals surface area contributed by atoms with Crippen molar-refractivity contribution in [2.45, 2.75) is 13.8 Å². The second-order valence-electron chi connectivity index (χ2n) is 6.19. The number of nitrogens with one attached hydrogen (secondary N) is 1. The molecule has 0 aliphatic heterocycles. The van der Waals surface area contributed by atoms with E-state index < -0.39 is 5.91 Å². The Hall–Kier alpha value is -3.58. The number of carbonyl (C=O) groups excluding carboxylic acids is 1. The first kappa shape index (κ1) is 17.2. The fourth-order valence-corrected chi connectivity index (χ4v) is 2.82. The zero-order valence-corrected chi connectivity index (χ0v) is 14.7. The van der Waals surface area contributed by atoms with E-state index in [-0.39, 0.29) is 5.57 Å². The Kier molecular flexibility index (Phi) is 5.00. The molecule has 0 saturated heterocycles. The van der Waals surface area contributed by atoms with E-state index in [0.29, 0.717) is 5.69 Å². The molecule has 1 heterocycles. The third-order valence-corrected chi connectivity index (χ3v) is 3.93. The number of nitriles is 1. The largest absolute Gasteiger partial charge is 0.323 e. The van der Waals surface area contributed by atoms with Gasteiger partial charge in [-0.1, -0.05) is 24.3 Å². The molecule has 4 heteroatoms. The van der Waals surface area contributed by atoms with Crippen LogP contribution in [0.3, 0.4) is 0 Å². The summed E-state index contributed by atoms with van der Waals surface area (Å²) >= 11 is 0. The van der Waals surface area contributed by atoms with Gasteiger partial charge in [0.2, 0.25) is 0 Å². The van der Waals surface area contributed by atoms with Crippen LogP contribution in [0, 0.1) is 25.2 Å². The van der Waals surface area contributed by atoms with E-state index in [2.05, 4.69) is 5.32 Å². The van der Waals surface area contributed by atoms with Gasteiger partial charge in [-0.2, -0.15) is 5.26 Å². The van der Waals surface area contributed by atoms with Crippen molar-refractivity contribution in [3.8, 4) is 11.8 Å². The van der Waals surface area contributed by atoms with Crippen molar-refractivity contribution in [3.63, 3.8) is 0 Å². The van der Waals surface area contributed by atoms with Crippen molar-refractivity contribution in [1.29, 1.82) is 5.26 Å². The highest BCUT2D eigenvalue weighted by atomic mass is 16.1. The van der Waals surface area contributed by atoms with Gasteiger partial charge in [-0.3, -0.25) is 4.79 Å². The monoisotopic (exact) mass is 341 g/mol. The van der Waals surface area contributed by atoms with Gasteiger partial charge in [0, 0.05) is 23.8 Å². The molecular formula is C22H19N3O. The molecule has 0 fully saturated rings. The fraction of sp³-hybridized carbons (Fsp3) is 0.0909. The molecule has 4 nitrogen and oxygen atoms in total. The summed E-state index contributed by atoms with van der Waals surface area (Å²) in [6.45, 7) is 3.94. The van der Waals surface area contributed by atoms with Crippen LogP contribution in [0.25, 0.3) is 11.8 Å². The van der Waals surface area contributed by atoms with Crippen molar-refractivity contribution in [2.24, 2.45) is 0 Å². The van der Waals surface area contributed by atoms with E-state index in [0.717, 1.165) is 22.4 Å². The van der Waals surface area contributed by atoms with Gasteiger partial charge < -0.3 is 9.88 Å². The van der Waals surface area contributed by atoms with E-state index in [1.165, 1.54) is 0 Å². The molecule has 1 N–H and O–H groups in total. The van der Waals surface area contributed by atoms with E-state index in [1.54, 1.807) is 6.08 Å². The van der Waals surface area contributed by atoms with Crippen LogP contribution in [0.2, 0.25) is 0 Å². The molecule has 1 amide bonds. The summed E-state index contributed by atoms with van der Waals surface area (Å²) in [6, 6.07) is 19.5. The van der Waals surface area contributed by atoms with Gasteiger partial charge in [-0.15, -0.1) is 0 Å². The number of anilines is 1. The second kappa shape index (κ2) is 7.54. The number of nitrogens with zero attached hydrogens (tertiary/aromatic N) is 2. The van der Waals surface area contributed by atoms with Crippen LogP contribution >= 0.6 is 0 Å². The number of carbonyl (C=O) groups is 1. The number of aryl methyl sites for hydroxylation is 2. The molecule has 2 aromatic carbocycles. The smallest absolute Gasteiger partial charge is 0.266 e. The van der Waals surface area contributed by atoms with Gasteiger partial charge >= 0.3 is 0 Å². The molecule has 0 unspecified atom stereocenters. The Bertz CT molecular complexity index is 987. The van der Waals surface area contributed by atoms with Gasteiger partial charge in [0.05, 0.1) is 0 Å². The zero-order chi connectivity index (χ0) is 18.5. The van der Waals surface area contributed by atoms with E-state index in [9.17, 15) is 10.1 Å². The minimum absolute atomic E-state index is 0.0648. The van der Waals surface area contributed by atoms with Gasteiger partial charge in [-0.25, -0.2) is 0 Å². The van der Waals surface area contributed by atoms with E-state index >= 15 is 0 Å². The predicted molar refractivity (Wildman–Crippen MR) is 104 cm³/mol. The molecule has 0 spiro atoms. The third kappa shape index (κ3) is 4.08. The number of hydrogen-bond donors (Lipinski definition) is 1. The maximum atomic E-state index is 12.4. The average molecular weight is 341 g/mol. The maximum Gasteiger partial charge on any atom is 0.266 e. The molecule has 0 atom stereocenters. The Labute approximate surface area is 153 Å². The molecule has 0 bridgehead atoms. The Balaban J connectivity index is 1.81. The number of rotatable bonds is 4. The quantitative estimate of drug-likeness (QED) is 0.555. The minimum Gasteiger partial charge on any atom is -0.323 e. The number of benzene rings is 2. The number of hydrogen-bond acceptors (Lipinski definition) is 2. The van der Waals surface area contributed by atoms with Crippen LogP contribution < -0.4 is 5.32 Å². The number of amides is 1. The normalized spacial score (nSPS) is 11.0. The molecule has 128 valence electrons. The Morgan fingerprint density at radius 3 is 2.42 bits per heavy atom. The van der Waals surface area contributed by atoms with Crippen molar-refractivity contribution < 1.29 is 4.79 Å². The lowest BCUT2D eigenvalue weighted by Gasteiger charge is -2.06. The first-order valence-electron chi connectivity index (χ1n) is 8.30. The van der Waals surface area contributed by atoms with Crippen molar-refractivity contribution >= 4 is 17.7 Å². The molecule has 0 radical (unpaired) electrons. The maximum absolute atomic E-state index is 12.4. The lowest BCUT2D eigenvalue weighted by atomic mass is 10.1. The summed E-state index contributed by atoms with van der Waals surface area (Å²) in [4.78, 5) is 12.4. The van der Waals surface area contributed by atoms with Crippen molar-refractivity contribution in [1.82, 2.24) is 4.57 Å².